The number of ether oxygens (including phenoxy) is 1. The van der Waals surface area contributed by atoms with Gasteiger partial charge in [0.1, 0.15) is 0 Å². The molecule has 2 heterocycles. The molecule has 1 aromatic heterocycles. The maximum absolute atomic E-state index is 13.1. The van der Waals surface area contributed by atoms with Crippen molar-refractivity contribution in [2.24, 2.45) is 5.92 Å². The van der Waals surface area contributed by atoms with Gasteiger partial charge in [-0.25, -0.2) is 0 Å². The summed E-state index contributed by atoms with van der Waals surface area (Å²) in [6.07, 6.45) is 7.02. The molecule has 2 saturated carbocycles. The zero-order chi connectivity index (χ0) is 15.3. The van der Waals surface area contributed by atoms with Gasteiger partial charge in [0, 0.05) is 24.6 Å². The Hall–Kier alpha value is -1.36. The van der Waals surface area contributed by atoms with Crippen LogP contribution in [0.5, 0.6) is 0 Å². The van der Waals surface area contributed by atoms with Gasteiger partial charge >= 0.3 is 0 Å². The summed E-state index contributed by atoms with van der Waals surface area (Å²) in [6, 6.07) is 0.440. The molecule has 120 valence electrons. The summed E-state index contributed by atoms with van der Waals surface area (Å²) >= 11 is 0. The van der Waals surface area contributed by atoms with E-state index in [2.05, 4.69) is 22.0 Å². The summed E-state index contributed by atoms with van der Waals surface area (Å²) < 4.78 is 5.82. The number of hydrogen-bond donors (Lipinski definition) is 1. The standard InChI is InChI=1S/C17H25N3O2/c1-10-8-14-15(11(2)22-10)18-19-16(14)17(21)20(9-12-6-7-12)13-4-3-5-13/h10-13H,3-9H2,1-2H3,(H,18,19)/t10-,11+/m1/s1. The molecule has 0 aromatic carbocycles. The second kappa shape index (κ2) is 5.37. The van der Waals surface area contributed by atoms with Crippen LogP contribution < -0.4 is 0 Å². The average molecular weight is 303 g/mol. The minimum Gasteiger partial charge on any atom is -0.369 e. The molecule has 2 atom stereocenters. The monoisotopic (exact) mass is 303 g/mol. The SMILES string of the molecule is C[C@@H]1Cc2c(C(=O)N(CC3CC3)C3CCC3)n[nH]c2[C@H](C)O1. The predicted molar refractivity (Wildman–Crippen MR) is 82.7 cm³/mol. The molecule has 22 heavy (non-hydrogen) atoms. The highest BCUT2D eigenvalue weighted by Gasteiger charge is 2.37. The molecule has 2 fully saturated rings. The molecule has 5 nitrogen and oxygen atoms in total. The van der Waals surface area contributed by atoms with Gasteiger partial charge < -0.3 is 9.64 Å². The normalized spacial score (nSPS) is 28.1. The third kappa shape index (κ3) is 2.45. The van der Waals surface area contributed by atoms with Crippen molar-refractivity contribution in [2.45, 2.75) is 70.6 Å². The molecule has 2 aliphatic carbocycles. The highest BCUT2D eigenvalue weighted by Crippen LogP contribution is 2.36. The fourth-order valence-corrected chi connectivity index (χ4v) is 3.66. The number of nitrogens with zero attached hydrogens (tertiary/aromatic N) is 2. The van der Waals surface area contributed by atoms with E-state index >= 15 is 0 Å². The first-order valence-corrected chi connectivity index (χ1v) is 8.67. The van der Waals surface area contributed by atoms with Crippen molar-refractivity contribution in [1.29, 1.82) is 0 Å². The molecule has 1 aromatic rings. The predicted octanol–water partition coefficient (Wildman–Crippen LogP) is 2.84. The molecule has 5 heteroatoms. The maximum atomic E-state index is 13.1. The van der Waals surface area contributed by atoms with E-state index in [1.54, 1.807) is 0 Å². The molecule has 1 aliphatic heterocycles. The van der Waals surface area contributed by atoms with E-state index in [0.717, 1.165) is 43.0 Å². The lowest BCUT2D eigenvalue weighted by Gasteiger charge is -2.37. The molecule has 0 bridgehead atoms. The van der Waals surface area contributed by atoms with E-state index in [0.29, 0.717) is 11.7 Å². The fraction of sp³-hybridized carbons (Fsp3) is 0.765. The highest BCUT2D eigenvalue weighted by molar-refractivity contribution is 5.94. The molecule has 0 spiro atoms. The van der Waals surface area contributed by atoms with Gasteiger partial charge in [-0.3, -0.25) is 9.89 Å². The van der Waals surface area contributed by atoms with Crippen LogP contribution in [0, 0.1) is 5.92 Å². The van der Waals surface area contributed by atoms with Crippen molar-refractivity contribution >= 4 is 5.91 Å². The largest absolute Gasteiger partial charge is 0.369 e. The summed E-state index contributed by atoms with van der Waals surface area (Å²) in [5, 5.41) is 7.43. The number of fused-ring (bicyclic) bond motifs is 1. The van der Waals surface area contributed by atoms with Crippen LogP contribution >= 0.6 is 0 Å². The summed E-state index contributed by atoms with van der Waals surface area (Å²) in [5.41, 5.74) is 2.71. The van der Waals surface area contributed by atoms with Crippen LogP contribution in [-0.4, -0.2) is 39.7 Å². The minimum absolute atomic E-state index is 0.00613. The van der Waals surface area contributed by atoms with Gasteiger partial charge in [0.2, 0.25) is 0 Å². The zero-order valence-electron chi connectivity index (χ0n) is 13.5. The summed E-state index contributed by atoms with van der Waals surface area (Å²) in [5.74, 6) is 0.857. The molecule has 0 unspecified atom stereocenters. The quantitative estimate of drug-likeness (QED) is 0.930. The summed E-state index contributed by atoms with van der Waals surface area (Å²) in [4.78, 5) is 15.2. The zero-order valence-corrected chi connectivity index (χ0v) is 13.5. The van der Waals surface area contributed by atoms with Gasteiger partial charge in [-0.05, 0) is 51.9 Å². The number of rotatable bonds is 4. The first-order valence-electron chi connectivity index (χ1n) is 8.67. The van der Waals surface area contributed by atoms with Gasteiger partial charge in [0.05, 0.1) is 17.9 Å². The Labute approximate surface area is 131 Å². The molecule has 0 saturated heterocycles. The Balaban J connectivity index is 1.61. The lowest BCUT2D eigenvalue weighted by atomic mass is 9.90. The van der Waals surface area contributed by atoms with Crippen molar-refractivity contribution < 1.29 is 9.53 Å². The number of aromatic amines is 1. The fourth-order valence-electron chi connectivity index (χ4n) is 3.66. The van der Waals surface area contributed by atoms with Crippen LogP contribution in [0.1, 0.15) is 73.8 Å². The Bertz CT molecular complexity index is 574. The summed E-state index contributed by atoms with van der Waals surface area (Å²) in [7, 11) is 0. The molecule has 1 N–H and O–H groups in total. The molecule has 0 radical (unpaired) electrons. The number of aromatic nitrogens is 2. The Kier molecular flexibility index (Phi) is 3.48. The van der Waals surface area contributed by atoms with Gasteiger partial charge in [0.25, 0.3) is 5.91 Å². The van der Waals surface area contributed by atoms with E-state index in [1.165, 1.54) is 19.3 Å². The highest BCUT2D eigenvalue weighted by atomic mass is 16.5. The maximum Gasteiger partial charge on any atom is 0.274 e. The van der Waals surface area contributed by atoms with E-state index in [9.17, 15) is 4.79 Å². The lowest BCUT2D eigenvalue weighted by molar-refractivity contribution is -0.00706. The Morgan fingerprint density at radius 2 is 2.09 bits per heavy atom. The van der Waals surface area contributed by atoms with Gasteiger partial charge in [-0.15, -0.1) is 0 Å². The molecular weight excluding hydrogens is 278 g/mol. The smallest absolute Gasteiger partial charge is 0.274 e. The Morgan fingerprint density at radius 3 is 2.73 bits per heavy atom. The van der Waals surface area contributed by atoms with Crippen LogP contribution in [0.3, 0.4) is 0 Å². The third-order valence-electron chi connectivity index (χ3n) is 5.36. The molecule has 3 aliphatic rings. The van der Waals surface area contributed by atoms with Crippen molar-refractivity contribution in [1.82, 2.24) is 15.1 Å². The van der Waals surface area contributed by atoms with Gasteiger partial charge in [0.15, 0.2) is 5.69 Å². The van der Waals surface area contributed by atoms with Crippen molar-refractivity contribution in [3.63, 3.8) is 0 Å². The van der Waals surface area contributed by atoms with E-state index in [4.69, 9.17) is 4.74 Å². The minimum atomic E-state index is -0.00613. The van der Waals surface area contributed by atoms with Gasteiger partial charge in [-0.2, -0.15) is 5.10 Å². The Morgan fingerprint density at radius 1 is 1.32 bits per heavy atom. The van der Waals surface area contributed by atoms with Crippen molar-refractivity contribution in [2.75, 3.05) is 6.54 Å². The van der Waals surface area contributed by atoms with Crippen LogP contribution in [0.25, 0.3) is 0 Å². The molecule has 4 rings (SSSR count). The summed E-state index contributed by atoms with van der Waals surface area (Å²) in [6.45, 7) is 5.01. The van der Waals surface area contributed by atoms with E-state index in [1.807, 2.05) is 6.92 Å². The first-order chi connectivity index (χ1) is 10.6. The molecular formula is C17H25N3O2. The van der Waals surface area contributed by atoms with Crippen LogP contribution in [-0.2, 0) is 11.2 Å². The van der Waals surface area contributed by atoms with Crippen LogP contribution in [0.4, 0.5) is 0 Å². The average Bonchev–Trinajstić information content (AvgIpc) is 3.13. The number of carbonyl (C=O) groups excluding carboxylic acids is 1. The number of amides is 1. The van der Waals surface area contributed by atoms with Gasteiger partial charge in [-0.1, -0.05) is 0 Å². The number of hydrogen-bond acceptors (Lipinski definition) is 3. The number of carbonyl (C=O) groups is 1. The topological polar surface area (TPSA) is 58.2 Å². The number of nitrogens with one attached hydrogen (secondary N) is 1. The second-order valence-electron chi connectivity index (χ2n) is 7.24. The van der Waals surface area contributed by atoms with Crippen molar-refractivity contribution in [3.8, 4) is 0 Å². The first kappa shape index (κ1) is 14.2. The van der Waals surface area contributed by atoms with Crippen molar-refractivity contribution in [3.05, 3.63) is 17.0 Å². The van der Waals surface area contributed by atoms with Crippen LogP contribution in [0.2, 0.25) is 0 Å². The number of H-pyrrole nitrogens is 1. The van der Waals surface area contributed by atoms with E-state index < -0.39 is 0 Å². The third-order valence-corrected chi connectivity index (χ3v) is 5.36. The molecule has 1 amide bonds. The second-order valence-corrected chi connectivity index (χ2v) is 7.24. The van der Waals surface area contributed by atoms with Crippen LogP contribution in [0.15, 0.2) is 0 Å². The lowest BCUT2D eigenvalue weighted by Crippen LogP contribution is -2.45. The van der Waals surface area contributed by atoms with E-state index in [-0.39, 0.29) is 18.1 Å².